The van der Waals surface area contributed by atoms with E-state index in [9.17, 15) is 23.1 Å². The Morgan fingerprint density at radius 1 is 1.14 bits per heavy atom. The fourth-order valence-electron chi connectivity index (χ4n) is 2.33. The van der Waals surface area contributed by atoms with Gasteiger partial charge in [0.15, 0.2) is 0 Å². The van der Waals surface area contributed by atoms with Gasteiger partial charge in [0.25, 0.3) is 0 Å². The number of aromatic amines is 1. The molecule has 1 heterocycles. The maximum atomic E-state index is 12.7. The van der Waals surface area contributed by atoms with E-state index in [1.165, 1.54) is 34.9 Å². The fourth-order valence-corrected chi connectivity index (χ4v) is 2.33. The molecule has 0 atom stereocenters. The van der Waals surface area contributed by atoms with Crippen LogP contribution in [0.5, 0.6) is 5.75 Å². The average Bonchev–Trinajstić information content (AvgIpc) is 2.75. The van der Waals surface area contributed by atoms with Gasteiger partial charge in [-0.25, -0.2) is 4.79 Å². The van der Waals surface area contributed by atoms with Crippen LogP contribution in [0.4, 0.5) is 13.2 Å². The van der Waals surface area contributed by atoms with Crippen molar-refractivity contribution >= 4 is 11.0 Å². The maximum Gasteiger partial charge on any atom is 0.416 e. The molecular weight excluding hydrogens is 297 g/mol. The Balaban J connectivity index is 2.05. The predicted octanol–water partition coefficient (Wildman–Crippen LogP) is 3.10. The van der Waals surface area contributed by atoms with Crippen molar-refractivity contribution in [3.63, 3.8) is 0 Å². The van der Waals surface area contributed by atoms with E-state index in [0.29, 0.717) is 16.6 Å². The van der Waals surface area contributed by atoms with Crippen LogP contribution < -0.4 is 5.69 Å². The summed E-state index contributed by atoms with van der Waals surface area (Å²) in [4.78, 5) is 14.5. The largest absolute Gasteiger partial charge is 0.508 e. The highest BCUT2D eigenvalue weighted by molar-refractivity contribution is 5.76. The number of fused-ring (bicyclic) bond motifs is 1. The highest BCUT2D eigenvalue weighted by Crippen LogP contribution is 2.29. The van der Waals surface area contributed by atoms with Gasteiger partial charge in [-0.2, -0.15) is 13.2 Å². The summed E-state index contributed by atoms with van der Waals surface area (Å²) in [5.74, 6) is -0.0238. The molecule has 0 aliphatic carbocycles. The van der Waals surface area contributed by atoms with Crippen LogP contribution in [0.15, 0.2) is 47.3 Å². The molecule has 0 fully saturated rings. The van der Waals surface area contributed by atoms with E-state index in [1.807, 2.05) is 0 Å². The van der Waals surface area contributed by atoms with Crippen LogP contribution in [0, 0.1) is 0 Å². The zero-order valence-corrected chi connectivity index (χ0v) is 11.2. The molecule has 0 radical (unpaired) electrons. The fraction of sp³-hybridized carbons (Fsp3) is 0.133. The van der Waals surface area contributed by atoms with Gasteiger partial charge in [-0.05, 0) is 29.8 Å². The highest BCUT2D eigenvalue weighted by Gasteiger charge is 2.30. The minimum atomic E-state index is -4.43. The van der Waals surface area contributed by atoms with Crippen molar-refractivity contribution in [1.29, 1.82) is 0 Å². The Kier molecular flexibility index (Phi) is 3.20. The lowest BCUT2D eigenvalue weighted by Crippen LogP contribution is -2.17. The van der Waals surface area contributed by atoms with E-state index < -0.39 is 17.4 Å². The minimum Gasteiger partial charge on any atom is -0.508 e. The average molecular weight is 308 g/mol. The number of hydrogen-bond donors (Lipinski definition) is 2. The minimum absolute atomic E-state index is 0.0216. The number of H-pyrrole nitrogens is 1. The molecule has 22 heavy (non-hydrogen) atoms. The smallest absolute Gasteiger partial charge is 0.416 e. The van der Waals surface area contributed by atoms with Gasteiger partial charge in [-0.3, -0.25) is 4.57 Å². The number of rotatable bonds is 2. The van der Waals surface area contributed by atoms with Gasteiger partial charge in [-0.15, -0.1) is 0 Å². The summed E-state index contributed by atoms with van der Waals surface area (Å²) in [6, 6.07) is 9.16. The first-order chi connectivity index (χ1) is 10.3. The lowest BCUT2D eigenvalue weighted by molar-refractivity contribution is -0.137. The molecule has 0 saturated carbocycles. The first kappa shape index (κ1) is 14.2. The number of phenols is 1. The second-order valence-electron chi connectivity index (χ2n) is 4.92. The summed E-state index contributed by atoms with van der Waals surface area (Å²) in [6.07, 6.45) is -4.43. The number of nitrogens with zero attached hydrogens (tertiary/aromatic N) is 1. The second-order valence-corrected chi connectivity index (χ2v) is 4.92. The van der Waals surface area contributed by atoms with Crippen LogP contribution in [0.25, 0.3) is 11.0 Å². The van der Waals surface area contributed by atoms with Crippen LogP contribution in [0.3, 0.4) is 0 Å². The Morgan fingerprint density at radius 2 is 1.91 bits per heavy atom. The summed E-state index contributed by atoms with van der Waals surface area (Å²) >= 11 is 0. The van der Waals surface area contributed by atoms with E-state index in [2.05, 4.69) is 4.98 Å². The molecule has 0 aliphatic heterocycles. The monoisotopic (exact) mass is 308 g/mol. The first-order valence-corrected chi connectivity index (χ1v) is 6.42. The topological polar surface area (TPSA) is 58.0 Å². The van der Waals surface area contributed by atoms with Crippen LogP contribution in [-0.4, -0.2) is 14.7 Å². The van der Waals surface area contributed by atoms with Gasteiger partial charge in [-0.1, -0.05) is 12.1 Å². The number of imidazole rings is 1. The van der Waals surface area contributed by atoms with Crippen molar-refractivity contribution in [2.45, 2.75) is 12.7 Å². The van der Waals surface area contributed by atoms with Gasteiger partial charge in [0.05, 0.1) is 23.1 Å². The number of alkyl halides is 3. The summed E-state index contributed by atoms with van der Waals surface area (Å²) < 4.78 is 39.5. The lowest BCUT2D eigenvalue weighted by Gasteiger charge is -2.09. The maximum absolute atomic E-state index is 12.7. The van der Waals surface area contributed by atoms with Crippen LogP contribution >= 0.6 is 0 Å². The van der Waals surface area contributed by atoms with E-state index in [0.717, 1.165) is 12.1 Å². The number of nitrogens with one attached hydrogen (secondary N) is 1. The molecule has 1 aromatic heterocycles. The molecule has 0 unspecified atom stereocenters. The Morgan fingerprint density at radius 3 is 2.64 bits per heavy atom. The third kappa shape index (κ3) is 2.57. The van der Waals surface area contributed by atoms with Crippen molar-refractivity contribution < 1.29 is 18.3 Å². The Labute approximate surface area is 122 Å². The van der Waals surface area contributed by atoms with Crippen LogP contribution in [0.1, 0.15) is 11.1 Å². The molecule has 0 bridgehead atoms. The van der Waals surface area contributed by atoms with Crippen molar-refractivity contribution in [3.05, 3.63) is 64.1 Å². The van der Waals surface area contributed by atoms with Crippen LogP contribution in [-0.2, 0) is 12.7 Å². The molecule has 2 N–H and O–H groups in total. The number of halogens is 3. The van der Waals surface area contributed by atoms with E-state index in [1.54, 1.807) is 0 Å². The van der Waals surface area contributed by atoms with E-state index in [-0.39, 0.29) is 12.3 Å². The third-order valence-corrected chi connectivity index (χ3v) is 3.35. The summed E-state index contributed by atoms with van der Waals surface area (Å²) in [6.45, 7) is -0.0216. The molecule has 114 valence electrons. The normalized spacial score (nSPS) is 12.0. The molecule has 0 saturated heterocycles. The molecule has 4 nitrogen and oxygen atoms in total. The number of benzene rings is 2. The molecule has 0 amide bonds. The second kappa shape index (κ2) is 4.94. The van der Waals surface area contributed by atoms with Gasteiger partial charge < -0.3 is 10.1 Å². The molecule has 3 rings (SSSR count). The number of hydrogen-bond acceptors (Lipinski definition) is 2. The number of aromatic nitrogens is 2. The van der Waals surface area contributed by atoms with Gasteiger partial charge in [0.2, 0.25) is 0 Å². The van der Waals surface area contributed by atoms with Gasteiger partial charge in [0.1, 0.15) is 5.75 Å². The summed E-state index contributed by atoms with van der Waals surface area (Å²) in [7, 11) is 0. The standard InChI is InChI=1S/C15H11F3N2O2/c16-15(17,18)10-3-1-2-9(6-10)8-20-13-7-11(21)4-5-12(13)19-14(20)22/h1-7,21H,8H2,(H,19,22). The highest BCUT2D eigenvalue weighted by atomic mass is 19.4. The molecule has 0 aliphatic rings. The summed E-state index contributed by atoms with van der Waals surface area (Å²) in [5.41, 5.74) is 0.0807. The SMILES string of the molecule is O=c1[nH]c2ccc(O)cc2n1Cc1cccc(C(F)(F)F)c1. The Hall–Kier alpha value is -2.70. The molecule has 0 spiro atoms. The first-order valence-electron chi connectivity index (χ1n) is 6.42. The Bertz CT molecular complexity index is 894. The number of aromatic hydroxyl groups is 1. The van der Waals surface area contributed by atoms with Gasteiger partial charge in [0, 0.05) is 6.07 Å². The lowest BCUT2D eigenvalue weighted by atomic mass is 10.1. The van der Waals surface area contributed by atoms with Crippen molar-refractivity contribution in [2.24, 2.45) is 0 Å². The molecular formula is C15H11F3N2O2. The summed E-state index contributed by atoms with van der Waals surface area (Å²) in [5, 5.41) is 9.50. The number of phenolic OH excluding ortho intramolecular Hbond substituents is 1. The van der Waals surface area contributed by atoms with Crippen LogP contribution in [0.2, 0.25) is 0 Å². The molecule has 7 heteroatoms. The predicted molar refractivity (Wildman–Crippen MR) is 74.8 cm³/mol. The van der Waals surface area contributed by atoms with Crippen molar-refractivity contribution in [3.8, 4) is 5.75 Å². The quantitative estimate of drug-likeness (QED) is 0.764. The zero-order chi connectivity index (χ0) is 15.9. The zero-order valence-electron chi connectivity index (χ0n) is 11.2. The van der Waals surface area contributed by atoms with Crippen molar-refractivity contribution in [1.82, 2.24) is 9.55 Å². The third-order valence-electron chi connectivity index (χ3n) is 3.35. The van der Waals surface area contributed by atoms with E-state index >= 15 is 0 Å². The molecule has 2 aromatic carbocycles. The van der Waals surface area contributed by atoms with E-state index in [4.69, 9.17) is 0 Å². The molecule has 3 aromatic rings. The van der Waals surface area contributed by atoms with Gasteiger partial charge >= 0.3 is 11.9 Å². The van der Waals surface area contributed by atoms with Crippen molar-refractivity contribution in [2.75, 3.05) is 0 Å².